The first kappa shape index (κ1) is 17.1. The maximum atomic E-state index is 12.3. The number of amides is 1. The van der Waals surface area contributed by atoms with Crippen molar-refractivity contribution in [1.29, 1.82) is 0 Å². The van der Waals surface area contributed by atoms with Crippen LogP contribution in [0.2, 0.25) is 0 Å². The van der Waals surface area contributed by atoms with Crippen LogP contribution in [0.25, 0.3) is 10.6 Å². The predicted molar refractivity (Wildman–Crippen MR) is 95.3 cm³/mol. The summed E-state index contributed by atoms with van der Waals surface area (Å²) < 4.78 is 11.1. The van der Waals surface area contributed by atoms with Crippen LogP contribution in [0, 0.1) is 6.92 Å². The summed E-state index contributed by atoms with van der Waals surface area (Å²) in [6, 6.07) is 7.71. The van der Waals surface area contributed by atoms with Crippen molar-refractivity contribution in [3.05, 3.63) is 35.3 Å². The molecule has 0 spiro atoms. The summed E-state index contributed by atoms with van der Waals surface area (Å²) in [5.74, 6) is -0.152. The molecule has 0 aliphatic carbocycles. The highest BCUT2D eigenvalue weighted by atomic mass is 32.1. The second-order valence-electron chi connectivity index (χ2n) is 5.97. The molecule has 0 bridgehead atoms. The van der Waals surface area contributed by atoms with Gasteiger partial charge in [0.1, 0.15) is 11.1 Å². The van der Waals surface area contributed by atoms with Gasteiger partial charge in [0.05, 0.1) is 12.7 Å². The summed E-state index contributed by atoms with van der Waals surface area (Å²) in [5, 5.41) is 5.87. The summed E-state index contributed by atoms with van der Waals surface area (Å²) in [4.78, 5) is 16.8. The fourth-order valence-electron chi connectivity index (χ4n) is 2.56. The Bertz CT molecular complexity index is 695. The van der Waals surface area contributed by atoms with Gasteiger partial charge < -0.3 is 14.8 Å². The Balaban J connectivity index is 1.57. The van der Waals surface area contributed by atoms with Crippen LogP contribution in [0.4, 0.5) is 5.69 Å². The zero-order valence-electron chi connectivity index (χ0n) is 14.0. The summed E-state index contributed by atoms with van der Waals surface area (Å²) in [7, 11) is 0. The number of benzene rings is 1. The molecule has 1 aromatic carbocycles. The largest absolute Gasteiger partial charge is 0.376 e. The molecule has 0 saturated carbocycles. The lowest BCUT2D eigenvalue weighted by atomic mass is 10.2. The number of carbonyl (C=O) groups is 1. The average Bonchev–Trinajstić information content (AvgIpc) is 3.24. The van der Waals surface area contributed by atoms with Gasteiger partial charge in [-0.25, -0.2) is 4.98 Å². The number of nitrogens with zero attached hydrogens (tertiary/aromatic N) is 1. The number of hydrogen-bond acceptors (Lipinski definition) is 5. The van der Waals surface area contributed by atoms with Crippen molar-refractivity contribution in [3.63, 3.8) is 0 Å². The topological polar surface area (TPSA) is 60.5 Å². The molecule has 3 rings (SSSR count). The van der Waals surface area contributed by atoms with E-state index in [4.69, 9.17) is 9.47 Å². The standard InChI is InChI=1S/C18H22N2O3S/c1-12-11-24-18(19-12)14-5-3-6-15(9-14)20-17(21)13(2)23-10-16-7-4-8-22-16/h3,5-6,9,11,13,16H,4,7-8,10H2,1-2H3,(H,20,21)/t13-,16+/m1/s1. The molecule has 1 aliphatic rings. The second-order valence-corrected chi connectivity index (χ2v) is 6.83. The van der Waals surface area contributed by atoms with E-state index in [9.17, 15) is 4.79 Å². The molecular formula is C18H22N2O3S. The Morgan fingerprint density at radius 3 is 3.12 bits per heavy atom. The number of hydrogen-bond donors (Lipinski definition) is 1. The van der Waals surface area contributed by atoms with Crippen LogP contribution in [0.15, 0.2) is 29.6 Å². The van der Waals surface area contributed by atoms with Crippen LogP contribution >= 0.6 is 11.3 Å². The number of aromatic nitrogens is 1. The first-order chi connectivity index (χ1) is 11.6. The SMILES string of the molecule is Cc1csc(-c2cccc(NC(=O)[C@@H](C)OC[C@@H]3CCCO3)c2)n1. The van der Waals surface area contributed by atoms with Crippen LogP contribution in [0.1, 0.15) is 25.5 Å². The number of carbonyl (C=O) groups excluding carboxylic acids is 1. The summed E-state index contributed by atoms with van der Waals surface area (Å²) in [6.45, 7) is 4.99. The minimum atomic E-state index is -0.514. The van der Waals surface area contributed by atoms with Gasteiger partial charge in [0.15, 0.2) is 0 Å². The zero-order valence-corrected chi connectivity index (χ0v) is 14.8. The van der Waals surface area contributed by atoms with Crippen LogP contribution in [-0.4, -0.2) is 36.3 Å². The summed E-state index contributed by atoms with van der Waals surface area (Å²) in [6.07, 6.45) is 1.68. The van der Waals surface area contributed by atoms with Gasteiger partial charge in [0.25, 0.3) is 5.91 Å². The van der Waals surface area contributed by atoms with Crippen molar-refractivity contribution in [3.8, 4) is 10.6 Å². The Hall–Kier alpha value is -1.76. The highest BCUT2D eigenvalue weighted by Crippen LogP contribution is 2.26. The number of rotatable bonds is 6. The maximum Gasteiger partial charge on any atom is 0.253 e. The van der Waals surface area contributed by atoms with E-state index in [1.165, 1.54) is 0 Å². The van der Waals surface area contributed by atoms with E-state index in [2.05, 4.69) is 10.3 Å². The van der Waals surface area contributed by atoms with E-state index < -0.39 is 6.10 Å². The van der Waals surface area contributed by atoms with Crippen LogP contribution in [-0.2, 0) is 14.3 Å². The number of anilines is 1. The normalized spacial score (nSPS) is 18.5. The number of nitrogens with one attached hydrogen (secondary N) is 1. The average molecular weight is 346 g/mol. The Morgan fingerprint density at radius 1 is 1.54 bits per heavy atom. The highest BCUT2D eigenvalue weighted by molar-refractivity contribution is 7.13. The molecule has 24 heavy (non-hydrogen) atoms. The van der Waals surface area contributed by atoms with E-state index in [1.54, 1.807) is 18.3 Å². The van der Waals surface area contributed by atoms with E-state index >= 15 is 0 Å². The summed E-state index contributed by atoms with van der Waals surface area (Å²) in [5.41, 5.74) is 2.75. The lowest BCUT2D eigenvalue weighted by Crippen LogP contribution is -2.30. The molecule has 0 unspecified atom stereocenters. The van der Waals surface area contributed by atoms with Crippen molar-refractivity contribution in [1.82, 2.24) is 4.98 Å². The molecule has 1 N–H and O–H groups in total. The fraction of sp³-hybridized carbons (Fsp3) is 0.444. The first-order valence-corrected chi connectivity index (χ1v) is 9.06. The van der Waals surface area contributed by atoms with Crippen molar-refractivity contribution in [2.75, 3.05) is 18.5 Å². The zero-order chi connectivity index (χ0) is 16.9. The monoisotopic (exact) mass is 346 g/mol. The Morgan fingerprint density at radius 2 is 2.42 bits per heavy atom. The molecule has 0 radical (unpaired) electrons. The van der Waals surface area contributed by atoms with Gasteiger partial charge in [-0.05, 0) is 38.8 Å². The fourth-order valence-corrected chi connectivity index (χ4v) is 3.36. The molecule has 2 atom stereocenters. The third-order valence-corrected chi connectivity index (χ3v) is 4.93. The van der Waals surface area contributed by atoms with Crippen molar-refractivity contribution >= 4 is 22.9 Å². The third kappa shape index (κ3) is 4.41. The van der Waals surface area contributed by atoms with Gasteiger partial charge in [0.2, 0.25) is 0 Å². The first-order valence-electron chi connectivity index (χ1n) is 8.18. The van der Waals surface area contributed by atoms with Crippen LogP contribution in [0.3, 0.4) is 0 Å². The van der Waals surface area contributed by atoms with Gasteiger partial charge >= 0.3 is 0 Å². The summed E-state index contributed by atoms with van der Waals surface area (Å²) >= 11 is 1.60. The minimum Gasteiger partial charge on any atom is -0.376 e. The molecular weight excluding hydrogens is 324 g/mol. The van der Waals surface area contributed by atoms with Crippen LogP contribution < -0.4 is 5.32 Å². The van der Waals surface area contributed by atoms with Gasteiger partial charge in [-0.3, -0.25) is 4.79 Å². The molecule has 128 valence electrons. The number of ether oxygens (including phenoxy) is 2. The molecule has 2 heterocycles. The Kier molecular flexibility index (Phi) is 5.60. The minimum absolute atomic E-state index is 0.122. The number of thiazole rings is 1. The van der Waals surface area contributed by atoms with Crippen molar-refractivity contribution in [2.24, 2.45) is 0 Å². The van der Waals surface area contributed by atoms with Crippen molar-refractivity contribution < 1.29 is 14.3 Å². The van der Waals surface area contributed by atoms with Gasteiger partial charge in [-0.1, -0.05) is 12.1 Å². The van der Waals surface area contributed by atoms with Crippen LogP contribution in [0.5, 0.6) is 0 Å². The van der Waals surface area contributed by atoms with Gasteiger partial charge in [-0.15, -0.1) is 11.3 Å². The lowest BCUT2D eigenvalue weighted by Gasteiger charge is -2.16. The molecule has 1 aliphatic heterocycles. The molecule has 6 heteroatoms. The third-order valence-electron chi connectivity index (χ3n) is 3.92. The number of aryl methyl sites for hydroxylation is 1. The van der Waals surface area contributed by atoms with Crippen molar-refractivity contribution in [2.45, 2.75) is 38.9 Å². The second kappa shape index (κ2) is 7.88. The predicted octanol–water partition coefficient (Wildman–Crippen LogP) is 3.64. The smallest absolute Gasteiger partial charge is 0.253 e. The molecule has 1 saturated heterocycles. The molecule has 1 fully saturated rings. The van der Waals surface area contributed by atoms with E-state index in [0.29, 0.717) is 6.61 Å². The molecule has 1 aromatic heterocycles. The molecule has 2 aromatic rings. The Labute approximate surface area is 146 Å². The highest BCUT2D eigenvalue weighted by Gasteiger charge is 2.20. The molecule has 5 nitrogen and oxygen atoms in total. The lowest BCUT2D eigenvalue weighted by molar-refractivity contribution is -0.128. The maximum absolute atomic E-state index is 12.3. The van der Waals surface area contributed by atoms with E-state index in [-0.39, 0.29) is 12.0 Å². The van der Waals surface area contributed by atoms with E-state index in [0.717, 1.165) is 41.4 Å². The van der Waals surface area contributed by atoms with E-state index in [1.807, 2.05) is 36.6 Å². The molecule has 1 amide bonds. The van der Waals surface area contributed by atoms with Gasteiger partial charge in [0, 0.05) is 28.9 Å². The quantitative estimate of drug-likeness (QED) is 0.867. The van der Waals surface area contributed by atoms with Gasteiger partial charge in [-0.2, -0.15) is 0 Å².